The van der Waals surface area contributed by atoms with Crippen molar-refractivity contribution in [3.8, 4) is 0 Å². The summed E-state index contributed by atoms with van der Waals surface area (Å²) < 4.78 is 11.9. The Kier molecular flexibility index (Phi) is 6.79. The fourth-order valence-corrected chi connectivity index (χ4v) is 4.08. The molecule has 1 heterocycles. The van der Waals surface area contributed by atoms with Crippen LogP contribution in [-0.4, -0.2) is 38.5 Å². The third-order valence-corrected chi connectivity index (χ3v) is 5.20. The highest BCUT2D eigenvalue weighted by atomic mass is 16.5. The first-order valence-electron chi connectivity index (χ1n) is 8.68. The quantitative estimate of drug-likeness (QED) is 0.757. The molecule has 0 aromatic rings. The van der Waals surface area contributed by atoms with Crippen LogP contribution >= 0.6 is 0 Å². The van der Waals surface area contributed by atoms with E-state index in [1.807, 2.05) is 7.11 Å². The van der Waals surface area contributed by atoms with Crippen LogP contribution in [-0.2, 0) is 9.47 Å². The summed E-state index contributed by atoms with van der Waals surface area (Å²) in [4.78, 5) is 0. The van der Waals surface area contributed by atoms with Crippen LogP contribution in [0.1, 0.15) is 64.7 Å². The second kappa shape index (κ2) is 8.35. The van der Waals surface area contributed by atoms with Crippen LogP contribution in [0.2, 0.25) is 0 Å². The molecule has 1 aliphatic heterocycles. The molecule has 0 bridgehead atoms. The van der Waals surface area contributed by atoms with Gasteiger partial charge in [-0.1, -0.05) is 32.6 Å². The minimum atomic E-state index is 0.0387. The summed E-state index contributed by atoms with van der Waals surface area (Å²) in [6.45, 7) is 5.18. The van der Waals surface area contributed by atoms with Gasteiger partial charge in [0.15, 0.2) is 0 Å². The van der Waals surface area contributed by atoms with Gasteiger partial charge in [0.05, 0.1) is 12.2 Å². The molecule has 0 aromatic heterocycles. The van der Waals surface area contributed by atoms with Crippen LogP contribution in [0.3, 0.4) is 0 Å². The smallest absolute Gasteiger partial charge is 0.0834 e. The monoisotopic (exact) mass is 283 g/mol. The van der Waals surface area contributed by atoms with Crippen molar-refractivity contribution in [2.75, 3.05) is 26.9 Å². The Bertz CT molecular complexity index is 256. The summed E-state index contributed by atoms with van der Waals surface area (Å²) in [5.41, 5.74) is 0.0387. The van der Waals surface area contributed by atoms with Crippen LogP contribution in [0.25, 0.3) is 0 Å². The van der Waals surface area contributed by atoms with Crippen molar-refractivity contribution in [1.29, 1.82) is 0 Å². The van der Waals surface area contributed by atoms with E-state index in [9.17, 15) is 0 Å². The fourth-order valence-electron chi connectivity index (χ4n) is 4.08. The lowest BCUT2D eigenvalue weighted by atomic mass is 9.77. The van der Waals surface area contributed by atoms with E-state index in [1.54, 1.807) is 0 Å². The number of hydrogen-bond donors (Lipinski definition) is 1. The first-order valence-corrected chi connectivity index (χ1v) is 8.68. The molecule has 1 aliphatic carbocycles. The molecule has 3 heteroatoms. The number of methoxy groups -OCH3 is 1. The molecule has 2 unspecified atom stereocenters. The van der Waals surface area contributed by atoms with Crippen molar-refractivity contribution in [3.63, 3.8) is 0 Å². The van der Waals surface area contributed by atoms with Crippen LogP contribution in [0, 0.1) is 5.92 Å². The maximum absolute atomic E-state index is 6.15. The molecule has 20 heavy (non-hydrogen) atoms. The molecule has 0 spiro atoms. The van der Waals surface area contributed by atoms with Crippen LogP contribution < -0.4 is 5.32 Å². The van der Waals surface area contributed by atoms with Crippen molar-refractivity contribution >= 4 is 0 Å². The van der Waals surface area contributed by atoms with Gasteiger partial charge in [0.2, 0.25) is 0 Å². The Labute approximate surface area is 124 Å². The van der Waals surface area contributed by atoms with Crippen molar-refractivity contribution < 1.29 is 9.47 Å². The second-order valence-electron chi connectivity index (χ2n) is 6.59. The lowest BCUT2D eigenvalue weighted by Crippen LogP contribution is -2.57. The first kappa shape index (κ1) is 16.3. The van der Waals surface area contributed by atoms with Gasteiger partial charge in [0, 0.05) is 25.7 Å². The average Bonchev–Trinajstić information content (AvgIpc) is 2.75. The predicted molar refractivity (Wildman–Crippen MR) is 83.1 cm³/mol. The van der Waals surface area contributed by atoms with E-state index in [2.05, 4.69) is 12.2 Å². The van der Waals surface area contributed by atoms with E-state index in [0.29, 0.717) is 12.0 Å². The highest BCUT2D eigenvalue weighted by Crippen LogP contribution is 2.37. The number of ether oxygens (including phenoxy) is 2. The zero-order valence-corrected chi connectivity index (χ0v) is 13.5. The molecule has 2 rings (SSSR count). The van der Waals surface area contributed by atoms with Crippen LogP contribution in [0.15, 0.2) is 0 Å². The largest absolute Gasteiger partial charge is 0.381 e. The second-order valence-corrected chi connectivity index (χ2v) is 6.59. The normalized spacial score (nSPS) is 28.8. The van der Waals surface area contributed by atoms with Gasteiger partial charge in [-0.05, 0) is 38.6 Å². The zero-order chi connectivity index (χ0) is 14.3. The summed E-state index contributed by atoms with van der Waals surface area (Å²) >= 11 is 0. The molecule has 0 radical (unpaired) electrons. The van der Waals surface area contributed by atoms with Gasteiger partial charge in [-0.3, -0.25) is 0 Å². The van der Waals surface area contributed by atoms with Gasteiger partial charge in [-0.15, -0.1) is 0 Å². The zero-order valence-electron chi connectivity index (χ0n) is 13.5. The van der Waals surface area contributed by atoms with Gasteiger partial charge in [-0.25, -0.2) is 0 Å². The SMILES string of the molecule is CCCNC(C1CCCOC1)C1(OC)CCCCCC1. The highest BCUT2D eigenvalue weighted by molar-refractivity contribution is 4.98. The van der Waals surface area contributed by atoms with E-state index in [-0.39, 0.29) is 5.60 Å². The third kappa shape index (κ3) is 3.96. The van der Waals surface area contributed by atoms with Crippen molar-refractivity contribution in [2.24, 2.45) is 5.92 Å². The van der Waals surface area contributed by atoms with E-state index in [1.165, 1.54) is 57.8 Å². The molecule has 0 amide bonds. The third-order valence-electron chi connectivity index (χ3n) is 5.20. The van der Waals surface area contributed by atoms with E-state index in [0.717, 1.165) is 19.8 Å². The summed E-state index contributed by atoms with van der Waals surface area (Å²) in [5.74, 6) is 0.619. The molecular weight excluding hydrogens is 250 g/mol. The molecule has 1 N–H and O–H groups in total. The summed E-state index contributed by atoms with van der Waals surface area (Å²) in [7, 11) is 1.93. The Morgan fingerprint density at radius 1 is 1.20 bits per heavy atom. The van der Waals surface area contributed by atoms with Gasteiger partial charge in [-0.2, -0.15) is 0 Å². The molecule has 0 aromatic carbocycles. The van der Waals surface area contributed by atoms with Crippen molar-refractivity contribution in [2.45, 2.75) is 76.4 Å². The minimum absolute atomic E-state index is 0.0387. The van der Waals surface area contributed by atoms with Gasteiger partial charge in [0.25, 0.3) is 0 Å². The number of rotatable bonds is 6. The summed E-state index contributed by atoms with van der Waals surface area (Å²) in [6.07, 6.45) is 11.4. The Balaban J connectivity index is 2.11. The Hall–Kier alpha value is -0.120. The van der Waals surface area contributed by atoms with E-state index >= 15 is 0 Å². The molecule has 2 fully saturated rings. The van der Waals surface area contributed by atoms with E-state index in [4.69, 9.17) is 9.47 Å². The number of nitrogens with one attached hydrogen (secondary N) is 1. The van der Waals surface area contributed by atoms with E-state index < -0.39 is 0 Å². The molecule has 2 atom stereocenters. The van der Waals surface area contributed by atoms with Gasteiger partial charge in [0.1, 0.15) is 0 Å². The molecular formula is C17H33NO2. The van der Waals surface area contributed by atoms with Crippen molar-refractivity contribution in [3.05, 3.63) is 0 Å². The van der Waals surface area contributed by atoms with Gasteiger partial charge < -0.3 is 14.8 Å². The Morgan fingerprint density at radius 2 is 1.95 bits per heavy atom. The highest BCUT2D eigenvalue weighted by Gasteiger charge is 2.43. The molecule has 3 nitrogen and oxygen atoms in total. The standard InChI is InChI=1S/C17H33NO2/c1-3-12-18-16(15-9-8-13-20-14-15)17(19-2)10-6-4-5-7-11-17/h15-16,18H,3-14H2,1-2H3. The maximum atomic E-state index is 6.15. The van der Waals surface area contributed by atoms with Crippen LogP contribution in [0.5, 0.6) is 0 Å². The summed E-state index contributed by atoms with van der Waals surface area (Å²) in [5, 5.41) is 3.82. The summed E-state index contributed by atoms with van der Waals surface area (Å²) in [6, 6.07) is 0.464. The maximum Gasteiger partial charge on any atom is 0.0834 e. The molecule has 118 valence electrons. The minimum Gasteiger partial charge on any atom is -0.381 e. The fraction of sp³-hybridized carbons (Fsp3) is 1.00. The molecule has 2 aliphatic rings. The predicted octanol–water partition coefficient (Wildman–Crippen LogP) is 3.52. The number of hydrogen-bond acceptors (Lipinski definition) is 3. The Morgan fingerprint density at radius 3 is 2.50 bits per heavy atom. The lowest BCUT2D eigenvalue weighted by Gasteiger charge is -2.45. The lowest BCUT2D eigenvalue weighted by molar-refractivity contribution is -0.0873. The van der Waals surface area contributed by atoms with Crippen LogP contribution in [0.4, 0.5) is 0 Å². The first-order chi connectivity index (χ1) is 9.82. The average molecular weight is 283 g/mol. The molecule has 1 saturated carbocycles. The molecule has 1 saturated heterocycles. The van der Waals surface area contributed by atoms with Crippen molar-refractivity contribution in [1.82, 2.24) is 5.32 Å². The van der Waals surface area contributed by atoms with Gasteiger partial charge >= 0.3 is 0 Å². The topological polar surface area (TPSA) is 30.5 Å².